The lowest BCUT2D eigenvalue weighted by Gasteiger charge is -2.39. The summed E-state index contributed by atoms with van der Waals surface area (Å²) in [7, 11) is 0. The summed E-state index contributed by atoms with van der Waals surface area (Å²) in [4.78, 5) is 31.3. The number of aromatic nitrogens is 2. The van der Waals surface area contributed by atoms with Crippen molar-refractivity contribution < 1.29 is 14.7 Å². The molecule has 1 aliphatic heterocycles. The van der Waals surface area contributed by atoms with E-state index in [-0.39, 0.29) is 12.3 Å². The Balaban J connectivity index is 1.39. The van der Waals surface area contributed by atoms with E-state index in [2.05, 4.69) is 11.1 Å². The maximum atomic E-state index is 13.0. The first-order valence-corrected chi connectivity index (χ1v) is 11.4. The Kier molecular flexibility index (Phi) is 6.78. The summed E-state index contributed by atoms with van der Waals surface area (Å²) in [6, 6.07) is 17.4. The fraction of sp³-hybridized carbons (Fsp3) is 0.333. The van der Waals surface area contributed by atoms with Gasteiger partial charge in [-0.2, -0.15) is 5.26 Å². The van der Waals surface area contributed by atoms with Gasteiger partial charge < -0.3 is 14.6 Å². The molecule has 7 heteroatoms. The summed E-state index contributed by atoms with van der Waals surface area (Å²) < 4.78 is 1.93. The standard InChI is InChI=1S/C27H28N4O3/c1-20-4-2-3-5-23(20)15-27(26(33)34)10-12-30(13-11-27)25(32)14-24-17-29-19-31(24)18-22-8-6-21(16-28)7-9-22/h2-9,17,19H,10-15,18H2,1H3,(H,33,34). The quantitative estimate of drug-likeness (QED) is 0.586. The fourth-order valence-corrected chi connectivity index (χ4v) is 4.61. The lowest BCUT2D eigenvalue weighted by molar-refractivity contribution is -0.154. The number of benzene rings is 2. The molecule has 0 bridgehead atoms. The first-order chi connectivity index (χ1) is 16.4. The second-order valence-electron chi connectivity index (χ2n) is 9.07. The number of carbonyl (C=O) groups excluding carboxylic acids is 1. The Bertz CT molecular complexity index is 1220. The Morgan fingerprint density at radius 3 is 2.47 bits per heavy atom. The molecule has 0 unspecified atom stereocenters. The van der Waals surface area contributed by atoms with Gasteiger partial charge in [0.2, 0.25) is 5.91 Å². The summed E-state index contributed by atoms with van der Waals surface area (Å²) in [5.41, 5.74) is 3.74. The Hall–Kier alpha value is -3.92. The Morgan fingerprint density at radius 1 is 1.12 bits per heavy atom. The van der Waals surface area contributed by atoms with Crippen molar-refractivity contribution in [1.29, 1.82) is 5.26 Å². The van der Waals surface area contributed by atoms with Crippen LogP contribution in [0.2, 0.25) is 0 Å². The molecule has 1 fully saturated rings. The highest BCUT2D eigenvalue weighted by atomic mass is 16.4. The van der Waals surface area contributed by atoms with Gasteiger partial charge in [-0.05, 0) is 55.0 Å². The Labute approximate surface area is 199 Å². The summed E-state index contributed by atoms with van der Waals surface area (Å²) in [6.45, 7) is 3.43. The molecule has 1 saturated heterocycles. The van der Waals surface area contributed by atoms with E-state index in [9.17, 15) is 14.7 Å². The van der Waals surface area contributed by atoms with Crippen molar-refractivity contribution >= 4 is 11.9 Å². The van der Waals surface area contributed by atoms with Gasteiger partial charge in [-0.25, -0.2) is 4.98 Å². The second-order valence-corrected chi connectivity index (χ2v) is 9.07. The highest BCUT2D eigenvalue weighted by Gasteiger charge is 2.42. The lowest BCUT2D eigenvalue weighted by atomic mass is 9.73. The van der Waals surface area contributed by atoms with Gasteiger partial charge in [-0.3, -0.25) is 9.59 Å². The molecule has 1 aliphatic rings. The van der Waals surface area contributed by atoms with Crippen LogP contribution in [0.15, 0.2) is 61.1 Å². The number of likely N-dealkylation sites (tertiary alicyclic amines) is 1. The summed E-state index contributed by atoms with van der Waals surface area (Å²) in [5.74, 6) is -0.806. The molecule has 2 heterocycles. The topological polar surface area (TPSA) is 99.2 Å². The van der Waals surface area contributed by atoms with Gasteiger partial charge in [-0.15, -0.1) is 0 Å². The average Bonchev–Trinajstić information content (AvgIpc) is 3.27. The molecule has 1 N–H and O–H groups in total. The van der Waals surface area contributed by atoms with Gasteiger partial charge in [0.25, 0.3) is 0 Å². The first kappa shape index (κ1) is 23.2. The van der Waals surface area contributed by atoms with Gasteiger partial charge >= 0.3 is 5.97 Å². The van der Waals surface area contributed by atoms with Gasteiger partial charge in [0.05, 0.1) is 29.8 Å². The molecule has 1 aromatic heterocycles. The SMILES string of the molecule is Cc1ccccc1CC1(C(=O)O)CCN(C(=O)Cc2cncn2Cc2ccc(C#N)cc2)CC1. The minimum absolute atomic E-state index is 0.0172. The van der Waals surface area contributed by atoms with Crippen LogP contribution in [0.1, 0.15) is 40.8 Å². The largest absolute Gasteiger partial charge is 0.481 e. The highest BCUT2D eigenvalue weighted by Crippen LogP contribution is 2.36. The minimum Gasteiger partial charge on any atom is -0.481 e. The average molecular weight is 457 g/mol. The smallest absolute Gasteiger partial charge is 0.310 e. The molecule has 3 aromatic rings. The summed E-state index contributed by atoms with van der Waals surface area (Å²) >= 11 is 0. The number of aliphatic carboxylic acids is 1. The minimum atomic E-state index is -0.847. The number of carbonyl (C=O) groups is 2. The molecular weight excluding hydrogens is 428 g/mol. The van der Waals surface area contributed by atoms with E-state index in [0.29, 0.717) is 44.5 Å². The molecule has 0 saturated carbocycles. The van der Waals surface area contributed by atoms with Crippen LogP contribution in [0, 0.1) is 23.7 Å². The number of piperidine rings is 1. The van der Waals surface area contributed by atoms with E-state index >= 15 is 0 Å². The second kappa shape index (κ2) is 9.92. The maximum absolute atomic E-state index is 13.0. The van der Waals surface area contributed by atoms with Crippen molar-refractivity contribution in [2.45, 2.75) is 39.2 Å². The van der Waals surface area contributed by atoms with Gasteiger partial charge in [-0.1, -0.05) is 36.4 Å². The number of carboxylic acids is 1. The first-order valence-electron chi connectivity index (χ1n) is 11.4. The maximum Gasteiger partial charge on any atom is 0.310 e. The number of imidazole rings is 1. The molecule has 0 aliphatic carbocycles. The molecule has 0 radical (unpaired) electrons. The van der Waals surface area contributed by atoms with Crippen molar-refractivity contribution in [3.63, 3.8) is 0 Å². The monoisotopic (exact) mass is 456 g/mol. The van der Waals surface area contributed by atoms with Crippen LogP contribution < -0.4 is 0 Å². The third-order valence-electron chi connectivity index (χ3n) is 6.88. The molecule has 0 spiro atoms. The predicted molar refractivity (Wildman–Crippen MR) is 127 cm³/mol. The third-order valence-corrected chi connectivity index (χ3v) is 6.88. The van der Waals surface area contributed by atoms with Gasteiger partial charge in [0, 0.05) is 31.5 Å². The van der Waals surface area contributed by atoms with E-state index in [1.54, 1.807) is 29.6 Å². The number of aryl methyl sites for hydroxylation is 1. The summed E-state index contributed by atoms with van der Waals surface area (Å²) in [5, 5.41) is 19.0. The van der Waals surface area contributed by atoms with Gasteiger partial charge in [0.15, 0.2) is 0 Å². The van der Waals surface area contributed by atoms with E-state index in [4.69, 9.17) is 5.26 Å². The van der Waals surface area contributed by atoms with Crippen LogP contribution in [0.5, 0.6) is 0 Å². The molecule has 7 nitrogen and oxygen atoms in total. The van der Waals surface area contributed by atoms with E-state index < -0.39 is 11.4 Å². The van der Waals surface area contributed by atoms with Crippen LogP contribution in [0.25, 0.3) is 0 Å². The zero-order valence-electron chi connectivity index (χ0n) is 19.3. The summed E-state index contributed by atoms with van der Waals surface area (Å²) in [6.07, 6.45) is 4.97. The number of carboxylic acid groups (broad SMARTS) is 1. The fourth-order valence-electron chi connectivity index (χ4n) is 4.61. The molecule has 2 aromatic carbocycles. The van der Waals surface area contributed by atoms with Crippen LogP contribution in [0.3, 0.4) is 0 Å². The van der Waals surface area contributed by atoms with Crippen LogP contribution >= 0.6 is 0 Å². The number of hydrogen-bond donors (Lipinski definition) is 1. The molecule has 174 valence electrons. The molecule has 4 rings (SSSR count). The lowest BCUT2D eigenvalue weighted by Crippen LogP contribution is -2.48. The highest BCUT2D eigenvalue weighted by molar-refractivity contribution is 5.80. The molecular formula is C27H28N4O3. The van der Waals surface area contributed by atoms with E-state index in [0.717, 1.165) is 22.4 Å². The molecule has 0 atom stereocenters. The van der Waals surface area contributed by atoms with E-state index in [1.807, 2.05) is 47.9 Å². The van der Waals surface area contributed by atoms with Gasteiger partial charge in [0.1, 0.15) is 0 Å². The van der Waals surface area contributed by atoms with Crippen LogP contribution in [-0.4, -0.2) is 44.5 Å². The van der Waals surface area contributed by atoms with Crippen LogP contribution in [0.4, 0.5) is 0 Å². The normalized spacial score (nSPS) is 15.0. The van der Waals surface area contributed by atoms with Crippen molar-refractivity contribution in [3.8, 4) is 6.07 Å². The van der Waals surface area contributed by atoms with Crippen molar-refractivity contribution in [2.75, 3.05) is 13.1 Å². The number of amides is 1. The predicted octanol–water partition coefficient (Wildman–Crippen LogP) is 3.59. The zero-order chi connectivity index (χ0) is 24.1. The van der Waals surface area contributed by atoms with E-state index in [1.165, 1.54) is 0 Å². The molecule has 34 heavy (non-hydrogen) atoms. The van der Waals surface area contributed by atoms with Crippen molar-refractivity contribution in [2.24, 2.45) is 5.41 Å². The number of rotatable bonds is 7. The number of nitrogens with zero attached hydrogens (tertiary/aromatic N) is 4. The third kappa shape index (κ3) is 5.01. The zero-order valence-corrected chi connectivity index (χ0v) is 19.3. The Morgan fingerprint density at radius 2 is 1.82 bits per heavy atom. The molecule has 1 amide bonds. The van der Waals surface area contributed by atoms with Crippen molar-refractivity contribution in [1.82, 2.24) is 14.5 Å². The number of hydrogen-bond acceptors (Lipinski definition) is 4. The number of nitriles is 1. The van der Waals surface area contributed by atoms with Crippen LogP contribution in [-0.2, 0) is 29.0 Å². The van der Waals surface area contributed by atoms with Crippen molar-refractivity contribution in [3.05, 3.63) is 89.0 Å².